The van der Waals surface area contributed by atoms with E-state index in [-0.39, 0.29) is 41.6 Å². The van der Waals surface area contributed by atoms with Crippen LogP contribution in [0.2, 0.25) is 0 Å². The Kier molecular flexibility index (Phi) is 11.0. The monoisotopic (exact) mass is 519 g/mol. The third-order valence-corrected chi connectivity index (χ3v) is 4.42. The van der Waals surface area contributed by atoms with Crippen molar-refractivity contribution in [2.45, 2.75) is 40.0 Å². The van der Waals surface area contributed by atoms with E-state index in [1.807, 2.05) is 25.5 Å². The van der Waals surface area contributed by atoms with E-state index in [2.05, 4.69) is 20.7 Å². The number of hydrogen-bond acceptors (Lipinski definition) is 4. The number of nitrogens with zero attached hydrogens (tertiary/aromatic N) is 3. The normalized spacial score (nSPS) is 12.3. The van der Waals surface area contributed by atoms with Crippen LogP contribution < -0.4 is 15.4 Å². The minimum atomic E-state index is -0.367. The lowest BCUT2D eigenvalue weighted by Crippen LogP contribution is -2.41. The molecule has 162 valence electrons. The summed E-state index contributed by atoms with van der Waals surface area (Å²) in [5.41, 5.74) is 3.22. The topological polar surface area (TPSA) is 72.7 Å². The van der Waals surface area contributed by atoms with Crippen LogP contribution in [0.5, 0.6) is 5.75 Å². The zero-order chi connectivity index (χ0) is 20.5. The van der Waals surface area contributed by atoms with Gasteiger partial charge >= 0.3 is 0 Å². The molecule has 0 saturated heterocycles. The van der Waals surface area contributed by atoms with Crippen LogP contribution in [0.1, 0.15) is 23.9 Å². The second kappa shape index (κ2) is 12.6. The van der Waals surface area contributed by atoms with Crippen molar-refractivity contribution in [1.82, 2.24) is 20.4 Å². The van der Waals surface area contributed by atoms with Crippen LogP contribution >= 0.6 is 24.0 Å². The molecule has 29 heavy (non-hydrogen) atoms. The highest BCUT2D eigenvalue weighted by Gasteiger charge is 2.13. The number of hydrogen-bond donors (Lipinski definition) is 2. The van der Waals surface area contributed by atoms with Gasteiger partial charge in [0, 0.05) is 32.0 Å². The Hall–Kier alpha value is -1.88. The number of halogens is 2. The molecule has 0 radical (unpaired) electrons. The summed E-state index contributed by atoms with van der Waals surface area (Å²) in [6.45, 7) is 8.35. The van der Waals surface area contributed by atoms with Crippen molar-refractivity contribution >= 4 is 29.9 Å². The highest BCUT2D eigenvalue weighted by molar-refractivity contribution is 14.0. The van der Waals surface area contributed by atoms with Crippen molar-refractivity contribution in [3.8, 4) is 5.75 Å². The van der Waals surface area contributed by atoms with Crippen LogP contribution in [0.4, 0.5) is 4.39 Å². The molecule has 0 saturated carbocycles. The van der Waals surface area contributed by atoms with Crippen molar-refractivity contribution in [2.75, 3.05) is 27.3 Å². The van der Waals surface area contributed by atoms with E-state index in [0.717, 1.165) is 23.5 Å². The number of nitrogens with one attached hydrogen (secondary N) is 2. The molecule has 0 fully saturated rings. The van der Waals surface area contributed by atoms with Crippen molar-refractivity contribution in [3.05, 3.63) is 47.0 Å². The second-order valence-corrected chi connectivity index (χ2v) is 6.53. The van der Waals surface area contributed by atoms with Gasteiger partial charge in [0.25, 0.3) is 0 Å². The maximum atomic E-state index is 13.7. The molecule has 1 unspecified atom stereocenters. The predicted octanol–water partition coefficient (Wildman–Crippen LogP) is 3.04. The first-order chi connectivity index (χ1) is 13.5. The Morgan fingerprint density at radius 1 is 1.28 bits per heavy atom. The lowest BCUT2D eigenvalue weighted by molar-refractivity contribution is 0.182. The number of methoxy groups -OCH3 is 1. The quantitative estimate of drug-likeness (QED) is 0.303. The van der Waals surface area contributed by atoms with Crippen LogP contribution in [-0.2, 0) is 17.8 Å². The van der Waals surface area contributed by atoms with E-state index in [1.165, 1.54) is 6.07 Å². The summed E-state index contributed by atoms with van der Waals surface area (Å²) >= 11 is 0. The highest BCUT2D eigenvalue weighted by Crippen LogP contribution is 2.16. The van der Waals surface area contributed by atoms with Crippen LogP contribution in [0.15, 0.2) is 29.3 Å². The molecule has 0 aliphatic carbocycles. The molecule has 2 rings (SSSR count). The number of ether oxygens (including phenoxy) is 2. The van der Waals surface area contributed by atoms with Crippen molar-refractivity contribution in [2.24, 2.45) is 4.99 Å². The number of aromatic nitrogens is 2. The molecule has 2 aromatic rings. The molecule has 1 atom stereocenters. The fourth-order valence-electron chi connectivity index (χ4n) is 2.82. The Balaban J connectivity index is 0.00000420. The van der Waals surface area contributed by atoms with Crippen molar-refractivity contribution in [1.29, 1.82) is 0 Å². The summed E-state index contributed by atoms with van der Waals surface area (Å²) in [7, 11) is 3.39. The maximum Gasteiger partial charge on any atom is 0.191 e. The molecular formula is C20H31FIN5O2. The lowest BCUT2D eigenvalue weighted by atomic mass is 10.2. The van der Waals surface area contributed by atoms with Gasteiger partial charge in [-0.15, -0.1) is 24.0 Å². The fraction of sp³-hybridized carbons (Fsp3) is 0.500. The molecule has 2 N–H and O–H groups in total. The molecule has 1 heterocycles. The van der Waals surface area contributed by atoms with Gasteiger partial charge in [-0.2, -0.15) is 5.10 Å². The van der Waals surface area contributed by atoms with E-state index in [9.17, 15) is 4.39 Å². The Morgan fingerprint density at radius 3 is 2.66 bits per heavy atom. The molecule has 0 aliphatic rings. The molecule has 0 bridgehead atoms. The van der Waals surface area contributed by atoms with Gasteiger partial charge in [0.15, 0.2) is 17.5 Å². The summed E-state index contributed by atoms with van der Waals surface area (Å²) in [6.07, 6.45) is -0.226. The van der Waals surface area contributed by atoms with Crippen LogP contribution in [0, 0.1) is 19.7 Å². The first-order valence-corrected chi connectivity index (χ1v) is 9.33. The summed E-state index contributed by atoms with van der Waals surface area (Å²) in [4.78, 5) is 4.23. The summed E-state index contributed by atoms with van der Waals surface area (Å²) in [5.74, 6) is 0.523. The number of aliphatic imine (C=N–C) groups is 1. The molecule has 0 amide bonds. The number of benzene rings is 1. The highest BCUT2D eigenvalue weighted by atomic mass is 127. The number of para-hydroxylation sites is 1. The van der Waals surface area contributed by atoms with Gasteiger partial charge in [-0.05, 0) is 32.9 Å². The molecule has 0 aliphatic heterocycles. The van der Waals surface area contributed by atoms with E-state index < -0.39 is 0 Å². The van der Waals surface area contributed by atoms with Crippen molar-refractivity contribution in [3.63, 3.8) is 0 Å². The number of guanidine groups is 1. The Bertz CT molecular complexity index is 797. The SMILES string of the molecule is CN=C(NCc1c(C)nn(CCOC)c1C)NCC(C)Oc1ccccc1F.I. The second-order valence-electron chi connectivity index (χ2n) is 6.53. The van der Waals surface area contributed by atoms with Gasteiger partial charge in [0.2, 0.25) is 0 Å². The lowest BCUT2D eigenvalue weighted by Gasteiger charge is -2.18. The number of rotatable bonds is 9. The van der Waals surface area contributed by atoms with Crippen LogP contribution in [0.25, 0.3) is 0 Å². The average molecular weight is 519 g/mol. The predicted molar refractivity (Wildman–Crippen MR) is 124 cm³/mol. The third kappa shape index (κ3) is 7.46. The van der Waals surface area contributed by atoms with Gasteiger partial charge in [0.05, 0.1) is 25.4 Å². The van der Waals surface area contributed by atoms with E-state index in [4.69, 9.17) is 9.47 Å². The van der Waals surface area contributed by atoms with E-state index in [0.29, 0.717) is 25.7 Å². The van der Waals surface area contributed by atoms with E-state index in [1.54, 1.807) is 32.4 Å². The van der Waals surface area contributed by atoms with Crippen LogP contribution in [-0.4, -0.2) is 49.2 Å². The van der Waals surface area contributed by atoms with Crippen LogP contribution in [0.3, 0.4) is 0 Å². The average Bonchev–Trinajstić information content (AvgIpc) is 2.95. The molecule has 7 nitrogen and oxygen atoms in total. The Morgan fingerprint density at radius 2 is 2.00 bits per heavy atom. The fourth-order valence-corrected chi connectivity index (χ4v) is 2.82. The van der Waals surface area contributed by atoms with E-state index >= 15 is 0 Å². The van der Waals surface area contributed by atoms with Gasteiger partial charge in [-0.25, -0.2) is 4.39 Å². The van der Waals surface area contributed by atoms with Gasteiger partial charge in [-0.3, -0.25) is 9.67 Å². The minimum Gasteiger partial charge on any atom is -0.486 e. The van der Waals surface area contributed by atoms with Gasteiger partial charge < -0.3 is 20.1 Å². The molecule has 9 heteroatoms. The maximum absolute atomic E-state index is 13.7. The third-order valence-electron chi connectivity index (χ3n) is 4.42. The number of aryl methyl sites for hydroxylation is 1. The first kappa shape index (κ1) is 25.2. The minimum absolute atomic E-state index is 0. The molecule has 1 aromatic heterocycles. The zero-order valence-electron chi connectivity index (χ0n) is 17.7. The Labute approximate surface area is 189 Å². The smallest absolute Gasteiger partial charge is 0.191 e. The summed E-state index contributed by atoms with van der Waals surface area (Å²) < 4.78 is 26.4. The largest absolute Gasteiger partial charge is 0.486 e. The summed E-state index contributed by atoms with van der Waals surface area (Å²) in [5, 5.41) is 11.1. The summed E-state index contributed by atoms with van der Waals surface area (Å²) in [6, 6.07) is 6.38. The first-order valence-electron chi connectivity index (χ1n) is 9.33. The molecule has 0 spiro atoms. The zero-order valence-corrected chi connectivity index (χ0v) is 20.0. The standard InChI is InChI=1S/C20H30FN5O2.HI/c1-14(28-19-9-7-6-8-18(19)21)12-23-20(22-4)24-13-17-15(2)25-26(16(17)3)10-11-27-5;/h6-9,14H,10-13H2,1-5H3,(H2,22,23,24);1H. The molecule has 1 aromatic carbocycles. The van der Waals surface area contributed by atoms with Gasteiger partial charge in [-0.1, -0.05) is 12.1 Å². The van der Waals surface area contributed by atoms with Gasteiger partial charge in [0.1, 0.15) is 6.10 Å². The molecular weight excluding hydrogens is 488 g/mol. The van der Waals surface area contributed by atoms with Crippen molar-refractivity contribution < 1.29 is 13.9 Å².